The SMILES string of the molecule is CNS(=O)(=O)c1cc(NC(=O)CCn2ccccc2=O)ccc1C. The number of nitrogens with one attached hydrogen (secondary N) is 2. The largest absolute Gasteiger partial charge is 0.326 e. The summed E-state index contributed by atoms with van der Waals surface area (Å²) in [6.07, 6.45) is 1.71. The Labute approximate surface area is 140 Å². The van der Waals surface area contributed by atoms with Gasteiger partial charge in [-0.3, -0.25) is 9.59 Å². The maximum absolute atomic E-state index is 12.0. The Morgan fingerprint density at radius 3 is 2.62 bits per heavy atom. The van der Waals surface area contributed by atoms with Crippen molar-refractivity contribution in [1.82, 2.24) is 9.29 Å². The number of benzene rings is 1. The number of aromatic nitrogens is 1. The van der Waals surface area contributed by atoms with E-state index in [1.165, 1.54) is 23.7 Å². The van der Waals surface area contributed by atoms with Crippen molar-refractivity contribution in [3.8, 4) is 0 Å². The predicted molar refractivity (Wildman–Crippen MR) is 91.4 cm³/mol. The second-order valence-corrected chi connectivity index (χ2v) is 7.07. The van der Waals surface area contributed by atoms with Crippen molar-refractivity contribution in [2.24, 2.45) is 0 Å². The van der Waals surface area contributed by atoms with Crippen molar-refractivity contribution in [1.29, 1.82) is 0 Å². The molecule has 7 nitrogen and oxygen atoms in total. The van der Waals surface area contributed by atoms with Gasteiger partial charge in [0.15, 0.2) is 0 Å². The van der Waals surface area contributed by atoms with E-state index in [9.17, 15) is 18.0 Å². The van der Waals surface area contributed by atoms with Gasteiger partial charge in [-0.25, -0.2) is 13.1 Å². The maximum Gasteiger partial charge on any atom is 0.250 e. The molecule has 2 N–H and O–H groups in total. The van der Waals surface area contributed by atoms with Gasteiger partial charge in [0.2, 0.25) is 15.9 Å². The summed E-state index contributed by atoms with van der Waals surface area (Å²) in [4.78, 5) is 23.7. The van der Waals surface area contributed by atoms with E-state index in [1.54, 1.807) is 37.4 Å². The van der Waals surface area contributed by atoms with Gasteiger partial charge in [0.05, 0.1) is 4.90 Å². The molecule has 2 aromatic rings. The molecule has 1 heterocycles. The molecule has 2 rings (SSSR count). The summed E-state index contributed by atoms with van der Waals surface area (Å²) in [5.74, 6) is -0.303. The zero-order valence-electron chi connectivity index (χ0n) is 13.4. The van der Waals surface area contributed by atoms with Gasteiger partial charge < -0.3 is 9.88 Å². The van der Waals surface area contributed by atoms with Gasteiger partial charge in [-0.05, 0) is 37.7 Å². The molecule has 0 atom stereocenters. The van der Waals surface area contributed by atoms with E-state index < -0.39 is 10.0 Å². The van der Waals surface area contributed by atoms with Gasteiger partial charge >= 0.3 is 0 Å². The van der Waals surface area contributed by atoms with E-state index in [-0.39, 0.29) is 29.3 Å². The third-order valence-corrected chi connectivity index (χ3v) is 5.07. The number of anilines is 1. The van der Waals surface area contributed by atoms with Crippen LogP contribution in [0.3, 0.4) is 0 Å². The van der Waals surface area contributed by atoms with Gasteiger partial charge in [-0.1, -0.05) is 12.1 Å². The number of aryl methyl sites for hydroxylation is 2. The summed E-state index contributed by atoms with van der Waals surface area (Å²) in [6, 6.07) is 9.45. The lowest BCUT2D eigenvalue weighted by Gasteiger charge is -2.11. The second-order valence-electron chi connectivity index (χ2n) is 5.22. The molecular formula is C16H19N3O4S. The summed E-state index contributed by atoms with van der Waals surface area (Å²) in [5, 5.41) is 2.65. The molecule has 0 saturated carbocycles. The minimum atomic E-state index is -3.59. The first kappa shape index (κ1) is 17.9. The third-order valence-electron chi connectivity index (χ3n) is 3.51. The number of nitrogens with zero attached hydrogens (tertiary/aromatic N) is 1. The average Bonchev–Trinajstić information content (AvgIpc) is 2.55. The van der Waals surface area contributed by atoms with Crippen LogP contribution in [0.2, 0.25) is 0 Å². The van der Waals surface area contributed by atoms with Crippen LogP contribution in [-0.4, -0.2) is 25.9 Å². The first-order valence-corrected chi connectivity index (χ1v) is 8.81. The van der Waals surface area contributed by atoms with E-state index in [0.29, 0.717) is 11.3 Å². The summed E-state index contributed by atoms with van der Waals surface area (Å²) < 4.78 is 27.6. The van der Waals surface area contributed by atoms with E-state index in [2.05, 4.69) is 10.0 Å². The van der Waals surface area contributed by atoms with Crippen LogP contribution in [0.25, 0.3) is 0 Å². The van der Waals surface area contributed by atoms with Crippen LogP contribution in [0.4, 0.5) is 5.69 Å². The molecule has 0 spiro atoms. The topological polar surface area (TPSA) is 97.3 Å². The van der Waals surface area contributed by atoms with Crippen molar-refractivity contribution < 1.29 is 13.2 Å². The Kier molecular flexibility index (Phi) is 5.53. The molecule has 8 heteroatoms. The van der Waals surface area contributed by atoms with Gasteiger partial charge in [0.25, 0.3) is 5.56 Å². The Morgan fingerprint density at radius 2 is 1.96 bits per heavy atom. The van der Waals surface area contributed by atoms with Crippen molar-refractivity contribution in [3.05, 3.63) is 58.5 Å². The third kappa shape index (κ3) is 4.30. The molecule has 128 valence electrons. The molecule has 0 aliphatic rings. The minimum absolute atomic E-state index is 0.103. The van der Waals surface area contributed by atoms with Crippen LogP contribution in [0.5, 0.6) is 0 Å². The highest BCUT2D eigenvalue weighted by atomic mass is 32.2. The lowest BCUT2D eigenvalue weighted by Crippen LogP contribution is -2.22. The number of pyridine rings is 1. The van der Waals surface area contributed by atoms with Crippen LogP contribution in [0, 0.1) is 6.92 Å². The Bertz CT molecular complexity index is 904. The molecule has 1 amide bonds. The van der Waals surface area contributed by atoms with Gasteiger partial charge in [-0.2, -0.15) is 0 Å². The van der Waals surface area contributed by atoms with E-state index in [1.807, 2.05) is 0 Å². The molecule has 0 aliphatic heterocycles. The first-order chi connectivity index (χ1) is 11.3. The Hall–Kier alpha value is -2.45. The summed E-state index contributed by atoms with van der Waals surface area (Å²) in [7, 11) is -2.26. The van der Waals surface area contributed by atoms with Crippen molar-refractivity contribution in [2.75, 3.05) is 12.4 Å². The summed E-state index contributed by atoms with van der Waals surface area (Å²) in [6.45, 7) is 1.93. The number of hydrogen-bond acceptors (Lipinski definition) is 4. The molecule has 24 heavy (non-hydrogen) atoms. The predicted octanol–water partition coefficient (Wildman–Crippen LogP) is 1.09. The molecule has 0 aliphatic carbocycles. The zero-order valence-corrected chi connectivity index (χ0v) is 14.3. The standard InChI is InChI=1S/C16H19N3O4S/c1-12-6-7-13(11-14(12)24(22,23)17-2)18-15(20)8-10-19-9-4-3-5-16(19)21/h3-7,9,11,17H,8,10H2,1-2H3,(H,18,20). The molecule has 0 unspecified atom stereocenters. The molecule has 1 aromatic heterocycles. The fourth-order valence-corrected chi connectivity index (χ4v) is 3.16. The normalized spacial score (nSPS) is 11.2. The van der Waals surface area contributed by atoms with Crippen molar-refractivity contribution >= 4 is 21.6 Å². The van der Waals surface area contributed by atoms with Crippen molar-refractivity contribution in [2.45, 2.75) is 24.8 Å². The summed E-state index contributed by atoms with van der Waals surface area (Å²) >= 11 is 0. The van der Waals surface area contributed by atoms with E-state index >= 15 is 0 Å². The number of rotatable bonds is 6. The van der Waals surface area contributed by atoms with E-state index in [0.717, 1.165) is 0 Å². The minimum Gasteiger partial charge on any atom is -0.326 e. The molecule has 0 fully saturated rings. The van der Waals surface area contributed by atoms with Crippen LogP contribution in [0.15, 0.2) is 52.3 Å². The Morgan fingerprint density at radius 1 is 1.21 bits per heavy atom. The molecular weight excluding hydrogens is 330 g/mol. The number of hydrogen-bond donors (Lipinski definition) is 2. The zero-order chi connectivity index (χ0) is 17.7. The monoisotopic (exact) mass is 349 g/mol. The first-order valence-electron chi connectivity index (χ1n) is 7.33. The molecule has 0 saturated heterocycles. The van der Waals surface area contributed by atoms with Crippen LogP contribution in [0.1, 0.15) is 12.0 Å². The average molecular weight is 349 g/mol. The summed E-state index contributed by atoms with van der Waals surface area (Å²) in [5.41, 5.74) is 0.793. The number of carbonyl (C=O) groups excluding carboxylic acids is 1. The maximum atomic E-state index is 12.0. The van der Waals surface area contributed by atoms with Gasteiger partial charge in [0, 0.05) is 30.9 Å². The number of sulfonamides is 1. The highest BCUT2D eigenvalue weighted by Crippen LogP contribution is 2.20. The molecule has 0 bridgehead atoms. The van der Waals surface area contributed by atoms with Gasteiger partial charge in [-0.15, -0.1) is 0 Å². The highest BCUT2D eigenvalue weighted by Gasteiger charge is 2.15. The van der Waals surface area contributed by atoms with Crippen molar-refractivity contribution in [3.63, 3.8) is 0 Å². The van der Waals surface area contributed by atoms with Crippen LogP contribution in [-0.2, 0) is 21.4 Å². The smallest absolute Gasteiger partial charge is 0.250 e. The fourth-order valence-electron chi connectivity index (χ4n) is 2.17. The van der Waals surface area contributed by atoms with Crippen LogP contribution >= 0.6 is 0 Å². The quantitative estimate of drug-likeness (QED) is 0.816. The number of amides is 1. The van der Waals surface area contributed by atoms with E-state index in [4.69, 9.17) is 0 Å². The lowest BCUT2D eigenvalue weighted by molar-refractivity contribution is -0.116. The molecule has 1 aromatic carbocycles. The highest BCUT2D eigenvalue weighted by molar-refractivity contribution is 7.89. The molecule has 0 radical (unpaired) electrons. The number of carbonyl (C=O) groups is 1. The lowest BCUT2D eigenvalue weighted by atomic mass is 10.2. The Balaban J connectivity index is 2.08. The second kappa shape index (κ2) is 7.41. The fraction of sp³-hybridized carbons (Fsp3) is 0.250. The van der Waals surface area contributed by atoms with Gasteiger partial charge in [0.1, 0.15) is 0 Å². The van der Waals surface area contributed by atoms with Crippen LogP contribution < -0.4 is 15.6 Å².